The molecular weight excluding hydrogens is 329 g/mol. The van der Waals surface area contributed by atoms with Crippen LogP contribution in [0, 0.1) is 10.1 Å². The maximum atomic E-state index is 10.6. The SMILES string of the molecule is CO[PH](N=NC(O)CC(O)c1ccc([N+](=O)[O-])cc1)(OC)OC. The molecule has 0 fully saturated rings. The first kappa shape index (κ1) is 19.5. The summed E-state index contributed by atoms with van der Waals surface area (Å²) in [7, 11) is 0.742. The molecule has 1 rings (SSSR count). The molecule has 10 nitrogen and oxygen atoms in total. The summed E-state index contributed by atoms with van der Waals surface area (Å²) < 4.78 is 15.0. The molecule has 0 saturated carbocycles. The van der Waals surface area contributed by atoms with E-state index in [4.69, 9.17) is 13.6 Å². The third kappa shape index (κ3) is 5.54. The first-order valence-electron chi connectivity index (χ1n) is 6.55. The van der Waals surface area contributed by atoms with Crippen molar-refractivity contribution in [1.29, 1.82) is 0 Å². The van der Waals surface area contributed by atoms with Crippen LogP contribution in [-0.4, -0.2) is 42.7 Å². The molecule has 0 spiro atoms. The van der Waals surface area contributed by atoms with Crippen LogP contribution in [0.15, 0.2) is 34.3 Å². The quantitative estimate of drug-likeness (QED) is 0.301. The van der Waals surface area contributed by atoms with Crippen LogP contribution in [0.1, 0.15) is 18.1 Å². The number of benzene rings is 1. The van der Waals surface area contributed by atoms with Crippen LogP contribution in [0.4, 0.5) is 5.69 Å². The zero-order valence-corrected chi connectivity index (χ0v) is 13.9. The van der Waals surface area contributed by atoms with Crippen molar-refractivity contribution in [1.82, 2.24) is 0 Å². The fourth-order valence-corrected chi connectivity index (χ4v) is 2.73. The molecule has 0 aliphatic carbocycles. The predicted octanol–water partition coefficient (Wildman–Crippen LogP) is 2.14. The molecule has 11 heteroatoms. The van der Waals surface area contributed by atoms with Crippen molar-refractivity contribution in [3.05, 3.63) is 39.9 Å². The Labute approximate surface area is 133 Å². The van der Waals surface area contributed by atoms with Gasteiger partial charge in [0.1, 0.15) is 0 Å². The third-order valence-electron chi connectivity index (χ3n) is 3.01. The molecule has 0 heterocycles. The van der Waals surface area contributed by atoms with Gasteiger partial charge in [-0.3, -0.25) is 0 Å². The zero-order valence-electron chi connectivity index (χ0n) is 12.9. The number of aliphatic hydroxyl groups is 2. The predicted molar refractivity (Wildman–Crippen MR) is 82.9 cm³/mol. The van der Waals surface area contributed by atoms with E-state index in [9.17, 15) is 20.3 Å². The first-order chi connectivity index (χ1) is 10.9. The van der Waals surface area contributed by atoms with Gasteiger partial charge in [-0.25, -0.2) is 0 Å². The second-order valence-corrected chi connectivity index (χ2v) is 6.90. The van der Waals surface area contributed by atoms with E-state index in [0.717, 1.165) is 0 Å². The molecule has 0 bridgehead atoms. The van der Waals surface area contributed by atoms with E-state index in [0.29, 0.717) is 5.56 Å². The maximum absolute atomic E-state index is 10.6. The molecule has 130 valence electrons. The Morgan fingerprint density at radius 3 is 2.13 bits per heavy atom. The summed E-state index contributed by atoms with van der Waals surface area (Å²) in [6.45, 7) is 0. The summed E-state index contributed by atoms with van der Waals surface area (Å²) in [6.07, 6.45) is -2.52. The minimum absolute atomic E-state index is 0.0859. The molecular formula is C12H20N3O7P. The number of hydrogen-bond acceptors (Lipinski definition) is 9. The monoisotopic (exact) mass is 349 g/mol. The van der Waals surface area contributed by atoms with Crippen molar-refractivity contribution in [3.8, 4) is 0 Å². The van der Waals surface area contributed by atoms with Gasteiger partial charge in [-0.05, 0) is 0 Å². The average Bonchev–Trinajstić information content (AvgIpc) is 2.56. The molecule has 2 N–H and O–H groups in total. The molecule has 0 aliphatic rings. The number of nitro benzene ring substituents is 1. The molecule has 2 atom stereocenters. The van der Waals surface area contributed by atoms with Crippen LogP contribution in [0.3, 0.4) is 0 Å². The number of hydrogen-bond donors (Lipinski definition) is 2. The van der Waals surface area contributed by atoms with Gasteiger partial charge in [0.2, 0.25) is 0 Å². The number of rotatable bonds is 9. The van der Waals surface area contributed by atoms with Crippen LogP contribution >= 0.6 is 8.09 Å². The van der Waals surface area contributed by atoms with Crippen molar-refractivity contribution < 1.29 is 28.7 Å². The standard InChI is InChI=1S/C12H20N3O7P/c1-20-23(21-2,22-3)14-13-12(17)8-11(16)9-4-6-10(7-5-9)15(18)19/h4-7,11-12,16-17,23H,8H2,1-3H3. The van der Waals surface area contributed by atoms with E-state index >= 15 is 0 Å². The Morgan fingerprint density at radius 1 is 1.17 bits per heavy atom. The van der Waals surface area contributed by atoms with Crippen molar-refractivity contribution >= 4 is 13.8 Å². The van der Waals surface area contributed by atoms with Gasteiger partial charge in [0.25, 0.3) is 0 Å². The Balaban J connectivity index is 2.69. The summed E-state index contributed by atoms with van der Waals surface area (Å²) in [6, 6.07) is 5.35. The third-order valence-corrected chi connectivity index (χ3v) is 4.92. The van der Waals surface area contributed by atoms with E-state index in [1.165, 1.54) is 45.6 Å². The van der Waals surface area contributed by atoms with Gasteiger partial charge < -0.3 is 0 Å². The topological polar surface area (TPSA) is 136 Å². The summed E-state index contributed by atoms with van der Waals surface area (Å²) in [5, 5.41) is 34.0. The van der Waals surface area contributed by atoms with Gasteiger partial charge in [-0.1, -0.05) is 0 Å². The number of non-ortho nitro benzene ring substituents is 1. The molecule has 0 saturated heterocycles. The molecule has 1 aromatic carbocycles. The summed E-state index contributed by atoms with van der Waals surface area (Å²) in [4.78, 5) is 13.8. The second kappa shape index (κ2) is 8.92. The van der Waals surface area contributed by atoms with E-state index in [2.05, 4.69) is 10.00 Å². The Bertz CT molecular complexity index is 528. The molecule has 0 amide bonds. The Kier molecular flexibility index (Phi) is 7.56. The van der Waals surface area contributed by atoms with Gasteiger partial charge in [-0.2, -0.15) is 0 Å². The van der Waals surface area contributed by atoms with Crippen molar-refractivity contribution in [2.75, 3.05) is 21.3 Å². The van der Waals surface area contributed by atoms with Gasteiger partial charge in [0, 0.05) is 0 Å². The Morgan fingerprint density at radius 2 is 1.70 bits per heavy atom. The first-order valence-corrected chi connectivity index (χ1v) is 8.22. The van der Waals surface area contributed by atoms with Gasteiger partial charge >= 0.3 is 133 Å². The fourth-order valence-electron chi connectivity index (χ4n) is 1.71. The van der Waals surface area contributed by atoms with E-state index in [1.807, 2.05) is 0 Å². The van der Waals surface area contributed by atoms with E-state index < -0.39 is 25.3 Å². The molecule has 0 aliphatic heterocycles. The van der Waals surface area contributed by atoms with Crippen molar-refractivity contribution in [3.63, 3.8) is 0 Å². The fraction of sp³-hybridized carbons (Fsp3) is 0.500. The molecule has 2 unspecified atom stereocenters. The average molecular weight is 349 g/mol. The van der Waals surface area contributed by atoms with E-state index in [1.54, 1.807) is 0 Å². The van der Waals surface area contributed by atoms with Crippen LogP contribution in [0.2, 0.25) is 0 Å². The van der Waals surface area contributed by atoms with Gasteiger partial charge in [0.15, 0.2) is 0 Å². The van der Waals surface area contributed by atoms with Crippen LogP contribution < -0.4 is 0 Å². The van der Waals surface area contributed by atoms with Crippen molar-refractivity contribution in [2.24, 2.45) is 10.00 Å². The van der Waals surface area contributed by atoms with Crippen LogP contribution in [0.5, 0.6) is 0 Å². The molecule has 1 aromatic rings. The summed E-state index contributed by atoms with van der Waals surface area (Å²) >= 11 is 0. The number of nitro groups is 1. The van der Waals surface area contributed by atoms with Crippen LogP contribution in [0.25, 0.3) is 0 Å². The van der Waals surface area contributed by atoms with Gasteiger partial charge in [-0.15, -0.1) is 0 Å². The zero-order chi connectivity index (χ0) is 17.5. The van der Waals surface area contributed by atoms with E-state index in [-0.39, 0.29) is 12.1 Å². The van der Waals surface area contributed by atoms with Crippen LogP contribution in [-0.2, 0) is 13.6 Å². The number of aliphatic hydroxyl groups excluding tert-OH is 2. The summed E-state index contributed by atoms with van der Waals surface area (Å²) in [5.74, 6) is 0. The molecule has 23 heavy (non-hydrogen) atoms. The molecule has 0 radical (unpaired) electrons. The Hall–Kier alpha value is -1.55. The summed E-state index contributed by atoms with van der Waals surface area (Å²) in [5.41, 5.74) is 0.329. The molecule has 0 aromatic heterocycles. The minimum atomic E-state index is -3.29. The van der Waals surface area contributed by atoms with Gasteiger partial charge in [0.05, 0.1) is 0 Å². The van der Waals surface area contributed by atoms with Crippen molar-refractivity contribution in [2.45, 2.75) is 18.8 Å². The normalized spacial score (nSPS) is 15.5. The second-order valence-electron chi connectivity index (χ2n) is 4.43. The number of nitrogens with zero attached hydrogens (tertiary/aromatic N) is 3.